The molecule has 1 aliphatic carbocycles. The number of carboxylic acid groups (broad SMARTS) is 1. The zero-order valence-electron chi connectivity index (χ0n) is 21.9. The number of aliphatic carboxylic acids is 1. The third kappa shape index (κ3) is 6.97. The van der Waals surface area contributed by atoms with Crippen LogP contribution in [0.4, 0.5) is 0 Å². The number of unbranched alkanes of at least 4 members (excludes halogenated alkanes) is 2. The molecule has 0 bridgehead atoms. The number of nitrogens with zero attached hydrogens (tertiary/aromatic N) is 1. The van der Waals surface area contributed by atoms with Gasteiger partial charge in [0.15, 0.2) is 0 Å². The molecule has 0 spiro atoms. The second kappa shape index (κ2) is 12.4. The molecule has 5 nitrogen and oxygen atoms in total. The number of ether oxygens (including phenoxy) is 1. The van der Waals surface area contributed by atoms with Crippen LogP contribution in [0, 0.1) is 0 Å². The molecule has 0 aromatic heterocycles. The second-order valence-corrected chi connectivity index (χ2v) is 9.29. The lowest BCUT2D eigenvalue weighted by Gasteiger charge is -2.24. The Kier molecular flexibility index (Phi) is 8.30. The summed E-state index contributed by atoms with van der Waals surface area (Å²) < 4.78 is 15.0. The van der Waals surface area contributed by atoms with E-state index in [4.69, 9.17) is 11.2 Å². The van der Waals surface area contributed by atoms with Gasteiger partial charge in [0.2, 0.25) is 0 Å². The molecule has 0 heterocycles. The van der Waals surface area contributed by atoms with Crippen molar-refractivity contribution in [1.29, 1.82) is 0 Å². The summed E-state index contributed by atoms with van der Waals surface area (Å²) >= 11 is 0. The Morgan fingerprint density at radius 1 is 0.944 bits per heavy atom. The highest BCUT2D eigenvalue weighted by Crippen LogP contribution is 2.32. The van der Waals surface area contributed by atoms with Crippen LogP contribution in [0.2, 0.25) is 0 Å². The van der Waals surface area contributed by atoms with Gasteiger partial charge in [0.25, 0.3) is 5.91 Å². The highest BCUT2D eigenvalue weighted by molar-refractivity contribution is 5.95. The quantitative estimate of drug-likeness (QED) is 0.272. The van der Waals surface area contributed by atoms with Crippen molar-refractivity contribution >= 4 is 11.9 Å². The van der Waals surface area contributed by atoms with E-state index in [0.717, 1.165) is 43.2 Å². The molecule has 0 radical (unpaired) electrons. The predicted molar refractivity (Wildman–Crippen MR) is 142 cm³/mol. The van der Waals surface area contributed by atoms with Crippen LogP contribution in [0.5, 0.6) is 5.75 Å². The van der Waals surface area contributed by atoms with Crippen molar-refractivity contribution in [2.24, 2.45) is 0 Å². The number of aryl methyl sites for hydroxylation is 1. The van der Waals surface area contributed by atoms with Gasteiger partial charge in [-0.1, -0.05) is 61.5 Å². The van der Waals surface area contributed by atoms with Crippen LogP contribution in [0.25, 0.3) is 11.1 Å². The summed E-state index contributed by atoms with van der Waals surface area (Å²) in [5.41, 5.74) is 4.71. The van der Waals surface area contributed by atoms with Crippen molar-refractivity contribution in [2.75, 3.05) is 6.61 Å². The molecule has 3 aromatic rings. The van der Waals surface area contributed by atoms with E-state index in [9.17, 15) is 9.59 Å². The minimum absolute atomic E-state index is 0.0559. The molecular weight excluding hydrogens is 450 g/mol. The maximum Gasteiger partial charge on any atom is 0.303 e. The van der Waals surface area contributed by atoms with E-state index in [1.54, 1.807) is 4.90 Å². The zero-order chi connectivity index (χ0) is 26.2. The van der Waals surface area contributed by atoms with Gasteiger partial charge in [0, 0.05) is 30.1 Å². The van der Waals surface area contributed by atoms with Crippen LogP contribution in [0.1, 0.15) is 68.3 Å². The first-order valence-electron chi connectivity index (χ1n) is 13.4. The number of benzene rings is 3. The first kappa shape index (κ1) is 24.1. The Labute approximate surface area is 215 Å². The SMILES string of the molecule is [2H]C(c1ccccc1OCCCCCC(=O)O)N(C(=O)c1ccc(-c2ccc(CC)cc2)cc1)C1CC1. The van der Waals surface area contributed by atoms with Crippen LogP contribution < -0.4 is 4.74 Å². The maximum absolute atomic E-state index is 13.6. The number of carbonyl (C=O) groups excluding carboxylic acids is 1. The molecule has 1 N–H and O–H groups in total. The van der Waals surface area contributed by atoms with Gasteiger partial charge >= 0.3 is 5.97 Å². The van der Waals surface area contributed by atoms with Gasteiger partial charge in [-0.15, -0.1) is 0 Å². The van der Waals surface area contributed by atoms with E-state index in [1.807, 2.05) is 48.5 Å². The van der Waals surface area contributed by atoms with Crippen molar-refractivity contribution in [3.05, 3.63) is 89.5 Å². The van der Waals surface area contributed by atoms with E-state index in [2.05, 4.69) is 31.2 Å². The number of para-hydroxylation sites is 1. The Hall–Kier alpha value is -3.60. The molecule has 3 aromatic carbocycles. The van der Waals surface area contributed by atoms with Crippen molar-refractivity contribution in [3.8, 4) is 16.9 Å². The fraction of sp³-hybridized carbons (Fsp3) is 0.355. The lowest BCUT2D eigenvalue weighted by molar-refractivity contribution is -0.137. The molecule has 1 unspecified atom stereocenters. The second-order valence-electron chi connectivity index (χ2n) is 9.29. The van der Waals surface area contributed by atoms with Gasteiger partial charge in [-0.3, -0.25) is 9.59 Å². The third-order valence-corrected chi connectivity index (χ3v) is 6.49. The smallest absolute Gasteiger partial charge is 0.303 e. The molecule has 0 aliphatic heterocycles. The average Bonchev–Trinajstić information content (AvgIpc) is 3.76. The third-order valence-electron chi connectivity index (χ3n) is 6.49. The van der Waals surface area contributed by atoms with E-state index in [1.165, 1.54) is 5.56 Å². The summed E-state index contributed by atoms with van der Waals surface area (Å²) in [6, 6.07) is 23.6. The van der Waals surface area contributed by atoms with Gasteiger partial charge in [-0.2, -0.15) is 0 Å². The normalized spacial score (nSPS) is 14.1. The Balaban J connectivity index is 1.45. The standard InChI is InChI=1S/C31H35NO4/c1-2-23-11-13-24(14-12-23)25-15-17-26(18-16-25)31(35)32(28-19-20-28)22-27-8-5-6-9-29(27)36-21-7-3-4-10-30(33)34/h5-6,8-9,11-18,28H,2-4,7,10,19-22H2,1H3,(H,33,34)/i22D. The summed E-state index contributed by atoms with van der Waals surface area (Å²) in [6.45, 7) is 1.71. The van der Waals surface area contributed by atoms with Gasteiger partial charge in [-0.25, -0.2) is 0 Å². The van der Waals surface area contributed by atoms with Crippen LogP contribution in [0.15, 0.2) is 72.8 Å². The topological polar surface area (TPSA) is 66.8 Å². The first-order valence-corrected chi connectivity index (χ1v) is 12.9. The molecule has 4 rings (SSSR count). The molecule has 1 amide bonds. The predicted octanol–water partition coefficient (Wildman–Crippen LogP) is 6.74. The number of carbonyl (C=O) groups is 2. The number of hydrogen-bond acceptors (Lipinski definition) is 3. The molecule has 0 saturated heterocycles. The molecule has 36 heavy (non-hydrogen) atoms. The number of carboxylic acids is 1. The molecule has 5 heteroatoms. The van der Waals surface area contributed by atoms with Crippen molar-refractivity contribution in [1.82, 2.24) is 4.90 Å². The van der Waals surface area contributed by atoms with Crippen molar-refractivity contribution < 1.29 is 20.8 Å². The minimum Gasteiger partial charge on any atom is -0.493 e. The molecule has 1 atom stereocenters. The molecule has 1 aliphatic rings. The van der Waals surface area contributed by atoms with Gasteiger partial charge < -0.3 is 14.7 Å². The van der Waals surface area contributed by atoms with Crippen LogP contribution in [-0.2, 0) is 17.7 Å². The Morgan fingerprint density at radius 2 is 1.61 bits per heavy atom. The molecular formula is C31H35NO4. The number of amides is 1. The fourth-order valence-corrected chi connectivity index (χ4v) is 4.18. The number of rotatable bonds is 13. The molecule has 188 valence electrons. The minimum atomic E-state index is -0.871. The lowest BCUT2D eigenvalue weighted by atomic mass is 10.0. The van der Waals surface area contributed by atoms with E-state index in [0.29, 0.717) is 29.9 Å². The number of hydrogen-bond donors (Lipinski definition) is 1. The Bertz CT molecular complexity index is 1190. The summed E-state index contributed by atoms with van der Waals surface area (Å²) in [5, 5.41) is 8.77. The van der Waals surface area contributed by atoms with Crippen LogP contribution >= 0.6 is 0 Å². The molecule has 1 fully saturated rings. The van der Waals surface area contributed by atoms with E-state index in [-0.39, 0.29) is 18.4 Å². The van der Waals surface area contributed by atoms with Gasteiger partial charge in [-0.05, 0) is 73.4 Å². The maximum atomic E-state index is 13.6. The highest BCUT2D eigenvalue weighted by Gasteiger charge is 2.33. The lowest BCUT2D eigenvalue weighted by Crippen LogP contribution is -2.32. The van der Waals surface area contributed by atoms with E-state index >= 15 is 0 Å². The summed E-state index contributed by atoms with van der Waals surface area (Å²) in [6.07, 6.45) is 5.09. The summed E-state index contributed by atoms with van der Waals surface area (Å²) in [5.74, 6) is -0.322. The molecule has 1 saturated carbocycles. The van der Waals surface area contributed by atoms with E-state index < -0.39 is 12.5 Å². The highest BCUT2D eigenvalue weighted by atomic mass is 16.5. The first-order chi connectivity index (χ1) is 18.0. The summed E-state index contributed by atoms with van der Waals surface area (Å²) in [7, 11) is 0. The summed E-state index contributed by atoms with van der Waals surface area (Å²) in [4.78, 5) is 25.9. The van der Waals surface area contributed by atoms with Gasteiger partial charge in [0.05, 0.1) is 7.98 Å². The zero-order valence-corrected chi connectivity index (χ0v) is 20.9. The monoisotopic (exact) mass is 486 g/mol. The van der Waals surface area contributed by atoms with Gasteiger partial charge in [0.1, 0.15) is 5.75 Å². The van der Waals surface area contributed by atoms with Crippen molar-refractivity contribution in [3.63, 3.8) is 0 Å². The van der Waals surface area contributed by atoms with Crippen molar-refractivity contribution in [2.45, 2.75) is 64.4 Å². The average molecular weight is 487 g/mol. The fourth-order valence-electron chi connectivity index (χ4n) is 4.18. The Morgan fingerprint density at radius 3 is 2.25 bits per heavy atom. The van der Waals surface area contributed by atoms with Crippen LogP contribution in [0.3, 0.4) is 0 Å². The van der Waals surface area contributed by atoms with Crippen LogP contribution in [-0.4, -0.2) is 34.5 Å². The largest absolute Gasteiger partial charge is 0.493 e.